The van der Waals surface area contributed by atoms with Crippen molar-refractivity contribution in [3.05, 3.63) is 56.4 Å². The van der Waals surface area contributed by atoms with Gasteiger partial charge in [-0.25, -0.2) is 9.48 Å². The molecular formula is C14H13BrN2O3. The van der Waals surface area contributed by atoms with Gasteiger partial charge in [-0.05, 0) is 24.1 Å². The Morgan fingerprint density at radius 2 is 2.10 bits per heavy atom. The number of hydrogen-bond acceptors (Lipinski definition) is 3. The van der Waals surface area contributed by atoms with E-state index in [0.29, 0.717) is 11.3 Å². The smallest absolute Gasteiger partial charge is 0.360 e. The summed E-state index contributed by atoms with van der Waals surface area (Å²) < 4.78 is 2.27. The highest BCUT2D eigenvalue weighted by Gasteiger charge is 2.18. The predicted molar refractivity (Wildman–Crippen MR) is 78.6 cm³/mol. The molecule has 0 saturated heterocycles. The standard InChI is InChI=1S/C14H13BrN2O3/c1-8(2)11-7-17(10-5-3-4-9(15)6-10)16-12(13(11)18)14(19)20/h3-8H,1-2H3,(H,19,20). The largest absolute Gasteiger partial charge is 0.476 e. The van der Waals surface area contributed by atoms with Crippen molar-refractivity contribution in [3.63, 3.8) is 0 Å². The lowest BCUT2D eigenvalue weighted by molar-refractivity contribution is 0.0686. The van der Waals surface area contributed by atoms with E-state index >= 15 is 0 Å². The molecule has 1 heterocycles. The van der Waals surface area contributed by atoms with Gasteiger partial charge in [0.1, 0.15) is 0 Å². The van der Waals surface area contributed by atoms with E-state index in [0.717, 1.165) is 4.47 Å². The van der Waals surface area contributed by atoms with Crippen LogP contribution in [-0.2, 0) is 0 Å². The second kappa shape index (κ2) is 5.58. The van der Waals surface area contributed by atoms with Crippen molar-refractivity contribution >= 4 is 21.9 Å². The molecule has 0 saturated carbocycles. The third-order valence-corrected chi connectivity index (χ3v) is 3.34. The fourth-order valence-corrected chi connectivity index (χ4v) is 2.20. The first-order valence-corrected chi connectivity index (χ1v) is 6.82. The minimum Gasteiger partial charge on any atom is -0.476 e. The maximum atomic E-state index is 12.0. The van der Waals surface area contributed by atoms with Gasteiger partial charge in [0.15, 0.2) is 0 Å². The molecule has 2 aromatic rings. The van der Waals surface area contributed by atoms with Crippen LogP contribution in [0.2, 0.25) is 0 Å². The van der Waals surface area contributed by atoms with Crippen LogP contribution in [0, 0.1) is 0 Å². The number of benzene rings is 1. The molecule has 0 radical (unpaired) electrons. The van der Waals surface area contributed by atoms with E-state index in [2.05, 4.69) is 21.0 Å². The molecule has 0 aliphatic rings. The third kappa shape index (κ3) is 2.80. The van der Waals surface area contributed by atoms with Gasteiger partial charge < -0.3 is 5.11 Å². The zero-order valence-electron chi connectivity index (χ0n) is 11.0. The summed E-state index contributed by atoms with van der Waals surface area (Å²) in [7, 11) is 0. The van der Waals surface area contributed by atoms with E-state index in [9.17, 15) is 9.59 Å². The highest BCUT2D eigenvalue weighted by atomic mass is 79.9. The van der Waals surface area contributed by atoms with Crippen LogP contribution in [-0.4, -0.2) is 20.9 Å². The number of aromatic carboxylic acids is 1. The van der Waals surface area contributed by atoms with Crippen molar-refractivity contribution in [2.75, 3.05) is 0 Å². The van der Waals surface area contributed by atoms with Gasteiger partial charge in [0.25, 0.3) is 0 Å². The Balaban J connectivity index is 2.72. The number of halogens is 1. The van der Waals surface area contributed by atoms with Crippen LogP contribution in [0.15, 0.2) is 39.7 Å². The molecule has 0 aliphatic carbocycles. The molecule has 1 aromatic carbocycles. The molecule has 1 N–H and O–H groups in total. The Kier molecular flexibility index (Phi) is 4.04. The summed E-state index contributed by atoms with van der Waals surface area (Å²) in [4.78, 5) is 23.2. The van der Waals surface area contributed by atoms with Gasteiger partial charge >= 0.3 is 5.97 Å². The van der Waals surface area contributed by atoms with Crippen molar-refractivity contribution in [2.45, 2.75) is 19.8 Å². The van der Waals surface area contributed by atoms with Gasteiger partial charge in [0, 0.05) is 16.2 Å². The predicted octanol–water partition coefficient (Wildman–Crippen LogP) is 2.82. The zero-order chi connectivity index (χ0) is 14.9. The summed E-state index contributed by atoms with van der Waals surface area (Å²) >= 11 is 3.35. The van der Waals surface area contributed by atoms with Crippen LogP contribution in [0.5, 0.6) is 0 Å². The van der Waals surface area contributed by atoms with Gasteiger partial charge in [0.2, 0.25) is 11.1 Å². The topological polar surface area (TPSA) is 72.2 Å². The molecule has 0 bridgehead atoms. The molecule has 5 nitrogen and oxygen atoms in total. The second-order valence-corrected chi connectivity index (χ2v) is 5.56. The third-order valence-electron chi connectivity index (χ3n) is 2.84. The van der Waals surface area contributed by atoms with Crippen LogP contribution >= 0.6 is 15.9 Å². The van der Waals surface area contributed by atoms with Gasteiger partial charge in [-0.3, -0.25) is 4.79 Å². The average molecular weight is 337 g/mol. The molecule has 0 atom stereocenters. The van der Waals surface area contributed by atoms with Gasteiger partial charge in [-0.2, -0.15) is 5.10 Å². The average Bonchev–Trinajstić information content (AvgIpc) is 2.38. The van der Waals surface area contributed by atoms with Crippen molar-refractivity contribution in [1.82, 2.24) is 9.78 Å². The number of aromatic nitrogens is 2. The maximum Gasteiger partial charge on any atom is 0.360 e. The van der Waals surface area contributed by atoms with Crippen molar-refractivity contribution in [1.29, 1.82) is 0 Å². The molecule has 6 heteroatoms. The lowest BCUT2D eigenvalue weighted by Crippen LogP contribution is -2.25. The van der Waals surface area contributed by atoms with Crippen LogP contribution < -0.4 is 5.43 Å². The number of nitrogens with zero attached hydrogens (tertiary/aromatic N) is 2. The molecule has 0 amide bonds. The van der Waals surface area contributed by atoms with Crippen LogP contribution in [0.3, 0.4) is 0 Å². The summed E-state index contributed by atoms with van der Waals surface area (Å²) in [5.74, 6) is -1.40. The van der Waals surface area contributed by atoms with Gasteiger partial charge in [-0.1, -0.05) is 35.8 Å². The molecule has 2 rings (SSSR count). The number of carboxylic acids is 1. The van der Waals surface area contributed by atoms with Gasteiger partial charge in [-0.15, -0.1) is 0 Å². The van der Waals surface area contributed by atoms with E-state index in [1.165, 1.54) is 4.68 Å². The molecular weight excluding hydrogens is 324 g/mol. The van der Waals surface area contributed by atoms with E-state index in [1.807, 2.05) is 26.0 Å². The Hall–Kier alpha value is -1.95. The summed E-state index contributed by atoms with van der Waals surface area (Å²) in [5, 5.41) is 13.0. The summed E-state index contributed by atoms with van der Waals surface area (Å²) in [6.07, 6.45) is 1.58. The fourth-order valence-electron chi connectivity index (χ4n) is 1.81. The normalized spacial score (nSPS) is 10.8. The van der Waals surface area contributed by atoms with E-state index in [4.69, 9.17) is 5.11 Å². The minimum absolute atomic E-state index is 0.0815. The first-order valence-electron chi connectivity index (χ1n) is 6.03. The summed E-state index contributed by atoms with van der Waals surface area (Å²) in [5.41, 5.74) is 0.121. The van der Waals surface area contributed by atoms with Crippen LogP contribution in [0.4, 0.5) is 0 Å². The lowest BCUT2D eigenvalue weighted by atomic mass is 10.0. The number of carboxylic acid groups (broad SMARTS) is 1. The Morgan fingerprint density at radius 1 is 1.40 bits per heavy atom. The monoisotopic (exact) mass is 336 g/mol. The number of rotatable bonds is 3. The van der Waals surface area contributed by atoms with E-state index in [-0.39, 0.29) is 5.92 Å². The van der Waals surface area contributed by atoms with Crippen LogP contribution in [0.1, 0.15) is 35.8 Å². The second-order valence-electron chi connectivity index (χ2n) is 4.65. The highest BCUT2D eigenvalue weighted by molar-refractivity contribution is 9.10. The van der Waals surface area contributed by atoms with Crippen LogP contribution in [0.25, 0.3) is 5.69 Å². The first kappa shape index (κ1) is 14.5. The Labute approximate surface area is 124 Å². The molecule has 0 spiro atoms. The summed E-state index contributed by atoms with van der Waals surface area (Å²) in [6.45, 7) is 3.68. The summed E-state index contributed by atoms with van der Waals surface area (Å²) in [6, 6.07) is 7.26. The SMILES string of the molecule is CC(C)c1cn(-c2cccc(Br)c2)nc(C(=O)O)c1=O. The van der Waals surface area contributed by atoms with Crippen molar-refractivity contribution < 1.29 is 9.90 Å². The quantitative estimate of drug-likeness (QED) is 0.935. The van der Waals surface area contributed by atoms with Gasteiger partial charge in [0.05, 0.1) is 5.69 Å². The minimum atomic E-state index is -1.32. The highest BCUT2D eigenvalue weighted by Crippen LogP contribution is 2.16. The number of hydrogen-bond donors (Lipinski definition) is 1. The lowest BCUT2D eigenvalue weighted by Gasteiger charge is -2.11. The Bertz CT molecular complexity index is 723. The molecule has 20 heavy (non-hydrogen) atoms. The maximum absolute atomic E-state index is 12.0. The van der Waals surface area contributed by atoms with E-state index < -0.39 is 17.1 Å². The van der Waals surface area contributed by atoms with Crippen molar-refractivity contribution in [3.8, 4) is 5.69 Å². The Morgan fingerprint density at radius 3 is 2.65 bits per heavy atom. The fraction of sp³-hybridized carbons (Fsp3) is 0.214. The molecule has 0 aliphatic heterocycles. The molecule has 0 fully saturated rings. The number of carbonyl (C=O) groups is 1. The van der Waals surface area contributed by atoms with Crippen molar-refractivity contribution in [2.24, 2.45) is 0 Å². The molecule has 0 unspecified atom stereocenters. The zero-order valence-corrected chi connectivity index (χ0v) is 12.6. The van der Waals surface area contributed by atoms with E-state index in [1.54, 1.807) is 18.3 Å². The molecule has 104 valence electrons. The molecule has 1 aromatic heterocycles. The first-order chi connectivity index (χ1) is 9.40.